The summed E-state index contributed by atoms with van der Waals surface area (Å²) in [6.07, 6.45) is 3.98. The van der Waals surface area contributed by atoms with Crippen molar-refractivity contribution in [2.75, 3.05) is 13.3 Å². The predicted molar refractivity (Wildman–Crippen MR) is 111 cm³/mol. The average Bonchev–Trinajstić information content (AvgIpc) is 2.74. The van der Waals surface area contributed by atoms with Crippen LogP contribution >= 0.6 is 0 Å². The lowest BCUT2D eigenvalue weighted by Crippen LogP contribution is -2.31. The highest BCUT2D eigenvalue weighted by Crippen LogP contribution is 2.34. The third-order valence-electron chi connectivity index (χ3n) is 5.34. The second-order valence-corrected chi connectivity index (χ2v) is 7.33. The molecule has 0 amide bonds. The summed E-state index contributed by atoms with van der Waals surface area (Å²) in [4.78, 5) is 30.6. The highest BCUT2D eigenvalue weighted by molar-refractivity contribution is 5.86. The number of carbonyl (C=O) groups excluding carboxylic acids is 1. The van der Waals surface area contributed by atoms with Crippen molar-refractivity contribution in [3.63, 3.8) is 0 Å². The van der Waals surface area contributed by atoms with Crippen molar-refractivity contribution in [3.05, 3.63) is 69.3 Å². The molecular weight excluding hydrogens is 384 g/mol. The van der Waals surface area contributed by atoms with Gasteiger partial charge in [-0.25, -0.2) is 4.79 Å². The molecule has 4 rings (SSSR count). The summed E-state index contributed by atoms with van der Waals surface area (Å²) in [5, 5.41) is 0.863. The number of hydrogen-bond acceptors (Lipinski definition) is 7. The smallest absolute Gasteiger partial charge is 0.339 e. The third kappa shape index (κ3) is 4.07. The summed E-state index contributed by atoms with van der Waals surface area (Å²) in [5.74, 6) is 0.414. The van der Waals surface area contributed by atoms with Gasteiger partial charge in [0, 0.05) is 42.9 Å². The Labute approximate surface area is 174 Å². The molecule has 1 aliphatic rings. The number of aryl methyl sites for hydroxylation is 1. The van der Waals surface area contributed by atoms with Gasteiger partial charge < -0.3 is 13.9 Å². The first-order chi connectivity index (χ1) is 14.6. The van der Waals surface area contributed by atoms with Crippen LogP contribution in [0.15, 0.2) is 45.9 Å². The van der Waals surface area contributed by atoms with Gasteiger partial charge in [-0.2, -0.15) is 0 Å². The van der Waals surface area contributed by atoms with Gasteiger partial charge in [0.05, 0.1) is 12.2 Å². The summed E-state index contributed by atoms with van der Waals surface area (Å²) in [7, 11) is 0. The molecule has 7 nitrogen and oxygen atoms in total. The van der Waals surface area contributed by atoms with Crippen LogP contribution in [0.4, 0.5) is 0 Å². The molecule has 0 saturated carbocycles. The lowest BCUT2D eigenvalue weighted by Gasteiger charge is -2.29. The summed E-state index contributed by atoms with van der Waals surface area (Å²) >= 11 is 0. The van der Waals surface area contributed by atoms with Crippen LogP contribution in [0.25, 0.3) is 11.0 Å². The van der Waals surface area contributed by atoms with Gasteiger partial charge in [-0.05, 0) is 55.7 Å². The van der Waals surface area contributed by atoms with E-state index in [1.807, 2.05) is 31.2 Å². The van der Waals surface area contributed by atoms with E-state index in [9.17, 15) is 9.59 Å². The largest absolute Gasteiger partial charge is 0.478 e. The lowest BCUT2D eigenvalue weighted by atomic mass is 9.99. The Kier molecular flexibility index (Phi) is 5.81. The average molecular weight is 408 g/mol. The lowest BCUT2D eigenvalue weighted by molar-refractivity contribution is -0.143. The zero-order valence-corrected chi connectivity index (χ0v) is 17.1. The van der Waals surface area contributed by atoms with Crippen LogP contribution in [0.3, 0.4) is 0 Å². The van der Waals surface area contributed by atoms with Gasteiger partial charge in [-0.3, -0.25) is 14.7 Å². The number of carbonyl (C=O) groups is 1. The highest BCUT2D eigenvalue weighted by atomic mass is 16.5. The molecule has 1 aliphatic heterocycles. The van der Waals surface area contributed by atoms with Gasteiger partial charge in [0.25, 0.3) is 0 Å². The van der Waals surface area contributed by atoms with Crippen LogP contribution in [-0.2, 0) is 29.0 Å². The van der Waals surface area contributed by atoms with Crippen LogP contribution in [0.1, 0.15) is 35.6 Å². The van der Waals surface area contributed by atoms with Crippen LogP contribution in [-0.4, -0.2) is 29.2 Å². The molecule has 3 aromatic rings. The Morgan fingerprint density at radius 1 is 1.23 bits per heavy atom. The number of nitrogens with zero attached hydrogens (tertiary/aromatic N) is 2. The van der Waals surface area contributed by atoms with Gasteiger partial charge in [-0.15, -0.1) is 0 Å². The van der Waals surface area contributed by atoms with E-state index >= 15 is 0 Å². The molecule has 0 spiro atoms. The Morgan fingerprint density at radius 3 is 2.80 bits per heavy atom. The summed E-state index contributed by atoms with van der Waals surface area (Å²) in [6, 6.07) is 7.78. The molecule has 0 fully saturated rings. The van der Waals surface area contributed by atoms with E-state index in [4.69, 9.17) is 13.9 Å². The van der Waals surface area contributed by atoms with Crippen molar-refractivity contribution in [3.8, 4) is 5.75 Å². The molecule has 3 heterocycles. The molecular formula is C23H24N2O5. The van der Waals surface area contributed by atoms with E-state index in [1.54, 1.807) is 19.3 Å². The zero-order chi connectivity index (χ0) is 21.1. The van der Waals surface area contributed by atoms with E-state index in [1.165, 1.54) is 0 Å². The number of pyridine rings is 1. The first-order valence-electron chi connectivity index (χ1n) is 10.0. The number of hydrogen-bond donors (Lipinski definition) is 0. The van der Waals surface area contributed by atoms with E-state index in [-0.39, 0.29) is 12.4 Å². The normalized spacial score (nSPS) is 13.7. The number of esters is 1. The maximum atomic E-state index is 12.7. The van der Waals surface area contributed by atoms with Gasteiger partial charge in [-0.1, -0.05) is 0 Å². The fourth-order valence-corrected chi connectivity index (χ4v) is 3.80. The van der Waals surface area contributed by atoms with E-state index in [0.29, 0.717) is 44.0 Å². The Bertz CT molecular complexity index is 1120. The molecule has 0 aliphatic carbocycles. The number of rotatable bonds is 6. The van der Waals surface area contributed by atoms with Crippen molar-refractivity contribution in [2.45, 2.75) is 39.8 Å². The molecule has 156 valence electrons. The number of benzene rings is 1. The molecule has 30 heavy (non-hydrogen) atoms. The standard InChI is InChI=1S/C23H24N2O5/c1-3-28-21(26)7-5-18-15(2)17-4-6-20-19(22(17)30-23(18)27)13-25(14-29-20)12-16-8-10-24-11-9-16/h4,6,8-11H,3,5,7,12-14H2,1-2H3. The molecule has 0 saturated heterocycles. The van der Waals surface area contributed by atoms with E-state index < -0.39 is 5.63 Å². The Morgan fingerprint density at radius 2 is 2.03 bits per heavy atom. The van der Waals surface area contributed by atoms with Crippen molar-refractivity contribution in [1.82, 2.24) is 9.88 Å². The molecule has 7 heteroatoms. The topological polar surface area (TPSA) is 81.9 Å². The van der Waals surface area contributed by atoms with Crippen LogP contribution in [0.2, 0.25) is 0 Å². The van der Waals surface area contributed by atoms with E-state index in [0.717, 1.165) is 27.8 Å². The summed E-state index contributed by atoms with van der Waals surface area (Å²) in [6.45, 7) is 5.76. The van der Waals surface area contributed by atoms with Gasteiger partial charge in [0.2, 0.25) is 0 Å². The SMILES string of the molecule is CCOC(=O)CCc1c(C)c2ccc3c(c2oc1=O)CN(Cc1ccncc1)CO3. The summed E-state index contributed by atoms with van der Waals surface area (Å²) < 4.78 is 16.6. The highest BCUT2D eigenvalue weighted by Gasteiger charge is 2.23. The third-order valence-corrected chi connectivity index (χ3v) is 5.34. The fraction of sp³-hybridized carbons (Fsp3) is 0.348. The second kappa shape index (κ2) is 8.67. The first-order valence-corrected chi connectivity index (χ1v) is 10.0. The van der Waals surface area contributed by atoms with Crippen molar-refractivity contribution >= 4 is 16.9 Å². The minimum Gasteiger partial charge on any atom is -0.478 e. The minimum absolute atomic E-state index is 0.151. The predicted octanol–water partition coefficient (Wildman–Crippen LogP) is 3.34. The molecule has 0 atom stereocenters. The Balaban J connectivity index is 1.64. The molecule has 0 N–H and O–H groups in total. The molecule has 0 bridgehead atoms. The van der Waals surface area contributed by atoms with Crippen LogP contribution < -0.4 is 10.4 Å². The van der Waals surface area contributed by atoms with E-state index in [2.05, 4.69) is 9.88 Å². The van der Waals surface area contributed by atoms with Gasteiger partial charge in [0.15, 0.2) is 0 Å². The Hall–Kier alpha value is -3.19. The maximum Gasteiger partial charge on any atom is 0.339 e. The molecule has 1 aromatic carbocycles. The fourth-order valence-electron chi connectivity index (χ4n) is 3.80. The maximum absolute atomic E-state index is 12.7. The first kappa shape index (κ1) is 20.1. The molecule has 2 aromatic heterocycles. The molecule has 0 radical (unpaired) electrons. The quantitative estimate of drug-likeness (QED) is 0.457. The van der Waals surface area contributed by atoms with Crippen LogP contribution in [0, 0.1) is 6.92 Å². The van der Waals surface area contributed by atoms with Gasteiger partial charge >= 0.3 is 11.6 Å². The zero-order valence-electron chi connectivity index (χ0n) is 17.1. The summed E-state index contributed by atoms with van der Waals surface area (Å²) in [5.41, 5.74) is 3.49. The second-order valence-electron chi connectivity index (χ2n) is 7.33. The number of ether oxygens (including phenoxy) is 2. The van der Waals surface area contributed by atoms with Gasteiger partial charge in [0.1, 0.15) is 18.1 Å². The number of fused-ring (bicyclic) bond motifs is 3. The number of aromatic nitrogens is 1. The van der Waals surface area contributed by atoms with Crippen LogP contribution in [0.5, 0.6) is 5.75 Å². The molecule has 0 unspecified atom stereocenters. The van der Waals surface area contributed by atoms with Crippen molar-refractivity contribution < 1.29 is 18.7 Å². The minimum atomic E-state index is -0.413. The monoisotopic (exact) mass is 408 g/mol. The van der Waals surface area contributed by atoms with Crippen molar-refractivity contribution in [2.24, 2.45) is 0 Å². The van der Waals surface area contributed by atoms with Crippen molar-refractivity contribution in [1.29, 1.82) is 0 Å².